The van der Waals surface area contributed by atoms with E-state index in [4.69, 9.17) is 15.0 Å². The summed E-state index contributed by atoms with van der Waals surface area (Å²) in [4.78, 5) is 9.17. The predicted molar refractivity (Wildman–Crippen MR) is 90.7 cm³/mol. The maximum absolute atomic E-state index is 6.44. The first-order valence-corrected chi connectivity index (χ1v) is 8.18. The lowest BCUT2D eigenvalue weighted by molar-refractivity contribution is 0.373. The van der Waals surface area contributed by atoms with Crippen LogP contribution in [0.15, 0.2) is 28.8 Å². The van der Waals surface area contributed by atoms with Crippen LogP contribution in [0.3, 0.4) is 0 Å². The zero-order valence-corrected chi connectivity index (χ0v) is 13.9. The highest BCUT2D eigenvalue weighted by Crippen LogP contribution is 2.36. The predicted octanol–water partition coefficient (Wildman–Crippen LogP) is 3.33. The van der Waals surface area contributed by atoms with Crippen LogP contribution in [0.5, 0.6) is 5.75 Å². The van der Waals surface area contributed by atoms with E-state index >= 15 is 0 Å². The van der Waals surface area contributed by atoms with E-state index in [1.54, 1.807) is 7.11 Å². The Morgan fingerprint density at radius 3 is 2.71 bits per heavy atom. The van der Waals surface area contributed by atoms with Crippen molar-refractivity contribution in [1.29, 1.82) is 0 Å². The van der Waals surface area contributed by atoms with Gasteiger partial charge >= 0.3 is 0 Å². The van der Waals surface area contributed by atoms with Crippen molar-refractivity contribution in [3.63, 3.8) is 0 Å². The van der Waals surface area contributed by atoms with Gasteiger partial charge in [-0.2, -0.15) is 4.98 Å². The lowest BCUT2D eigenvalue weighted by atomic mass is 9.98. The number of aryl methyl sites for hydroxylation is 1. The minimum absolute atomic E-state index is 0.461. The molecule has 2 heterocycles. The molecule has 124 valence electrons. The molecule has 0 unspecified atom stereocenters. The Hall–Kier alpha value is -2.47. The van der Waals surface area contributed by atoms with E-state index in [2.05, 4.69) is 15.1 Å². The summed E-state index contributed by atoms with van der Waals surface area (Å²) >= 11 is 0. The normalized spacial score (nSPS) is 16.6. The van der Waals surface area contributed by atoms with E-state index in [1.165, 1.54) is 0 Å². The van der Waals surface area contributed by atoms with Crippen molar-refractivity contribution in [3.8, 4) is 17.2 Å². The number of nitrogens with zero attached hydrogens (tertiary/aromatic N) is 3. The smallest absolute Gasteiger partial charge is 0.258 e. The van der Waals surface area contributed by atoms with Gasteiger partial charge in [-0.3, -0.25) is 4.98 Å². The van der Waals surface area contributed by atoms with Crippen molar-refractivity contribution in [2.24, 2.45) is 5.73 Å². The first-order valence-electron chi connectivity index (χ1n) is 8.18. The molecule has 2 N–H and O–H groups in total. The maximum Gasteiger partial charge on any atom is 0.258 e. The largest absolute Gasteiger partial charge is 0.497 e. The molecule has 1 fully saturated rings. The number of aromatic nitrogens is 3. The summed E-state index contributed by atoms with van der Waals surface area (Å²) in [5.74, 6) is 1.84. The summed E-state index contributed by atoms with van der Waals surface area (Å²) in [6.45, 7) is 1.95. The van der Waals surface area contributed by atoms with Crippen molar-refractivity contribution >= 4 is 10.9 Å². The zero-order chi connectivity index (χ0) is 16.7. The first-order chi connectivity index (χ1) is 11.6. The summed E-state index contributed by atoms with van der Waals surface area (Å²) in [5.41, 5.74) is 8.60. The van der Waals surface area contributed by atoms with Gasteiger partial charge in [0.15, 0.2) is 5.82 Å². The fourth-order valence-electron chi connectivity index (χ4n) is 3.41. The number of methoxy groups -OCH3 is 1. The number of pyridine rings is 1. The van der Waals surface area contributed by atoms with Crippen molar-refractivity contribution in [3.05, 3.63) is 35.8 Å². The fraction of sp³-hybridized carbons (Fsp3) is 0.389. The van der Waals surface area contributed by atoms with Gasteiger partial charge in [-0.05, 0) is 44.0 Å². The lowest BCUT2D eigenvalue weighted by Gasteiger charge is -2.17. The number of fused-ring (bicyclic) bond motifs is 1. The van der Waals surface area contributed by atoms with Crippen LogP contribution >= 0.6 is 0 Å². The van der Waals surface area contributed by atoms with Gasteiger partial charge < -0.3 is 15.0 Å². The molecule has 1 saturated carbocycles. The number of benzene rings is 1. The van der Waals surface area contributed by atoms with Gasteiger partial charge in [0.1, 0.15) is 5.75 Å². The van der Waals surface area contributed by atoms with Crippen LogP contribution in [0.4, 0.5) is 0 Å². The summed E-state index contributed by atoms with van der Waals surface area (Å²) in [6, 6.07) is 7.72. The average Bonchev–Trinajstić information content (AvgIpc) is 3.23. The van der Waals surface area contributed by atoms with E-state index in [0.29, 0.717) is 11.7 Å². The van der Waals surface area contributed by atoms with Gasteiger partial charge in [-0.15, -0.1) is 0 Å². The second kappa shape index (κ2) is 5.56. The molecule has 0 saturated heterocycles. The molecular formula is C18H20N4O2. The van der Waals surface area contributed by atoms with Crippen LogP contribution in [-0.4, -0.2) is 22.2 Å². The SMILES string of the molecule is COc1ccc2nc(C)cc(-c3nc(C4(N)CCCC4)no3)c2c1. The highest BCUT2D eigenvalue weighted by atomic mass is 16.5. The van der Waals surface area contributed by atoms with Gasteiger partial charge in [-0.1, -0.05) is 18.0 Å². The van der Waals surface area contributed by atoms with Crippen molar-refractivity contribution in [2.75, 3.05) is 7.11 Å². The van der Waals surface area contributed by atoms with E-state index < -0.39 is 5.54 Å². The van der Waals surface area contributed by atoms with Crippen LogP contribution in [-0.2, 0) is 5.54 Å². The van der Waals surface area contributed by atoms with Gasteiger partial charge in [0.2, 0.25) is 0 Å². The molecule has 6 nitrogen and oxygen atoms in total. The molecule has 0 bridgehead atoms. The molecule has 0 spiro atoms. The number of rotatable bonds is 3. The number of hydrogen-bond acceptors (Lipinski definition) is 6. The quantitative estimate of drug-likeness (QED) is 0.795. The van der Waals surface area contributed by atoms with E-state index in [1.807, 2.05) is 31.2 Å². The summed E-state index contributed by atoms with van der Waals surface area (Å²) in [6.07, 6.45) is 4.01. The molecule has 1 aromatic carbocycles. The third-order valence-electron chi connectivity index (χ3n) is 4.74. The summed E-state index contributed by atoms with van der Waals surface area (Å²) < 4.78 is 10.9. The molecule has 3 aromatic rings. The van der Waals surface area contributed by atoms with Crippen molar-refractivity contribution < 1.29 is 9.26 Å². The maximum atomic E-state index is 6.44. The molecule has 1 aliphatic carbocycles. The molecule has 4 rings (SSSR count). The average molecular weight is 324 g/mol. The molecule has 0 radical (unpaired) electrons. The fourth-order valence-corrected chi connectivity index (χ4v) is 3.41. The number of hydrogen-bond donors (Lipinski definition) is 1. The van der Waals surface area contributed by atoms with Gasteiger partial charge in [0.05, 0.1) is 23.7 Å². The van der Waals surface area contributed by atoms with Crippen LogP contribution < -0.4 is 10.5 Å². The molecule has 6 heteroatoms. The molecule has 1 aliphatic rings. The lowest BCUT2D eigenvalue weighted by Crippen LogP contribution is -2.34. The standard InChI is InChI=1S/C18H20N4O2/c1-11-9-14(13-10-12(23-2)5-6-15(13)20-11)16-21-17(22-24-16)18(19)7-3-4-8-18/h5-6,9-10H,3-4,7-8,19H2,1-2H3. The van der Waals surface area contributed by atoms with Gasteiger partial charge in [0, 0.05) is 11.1 Å². The molecule has 24 heavy (non-hydrogen) atoms. The van der Waals surface area contributed by atoms with E-state index in [0.717, 1.165) is 53.6 Å². The van der Waals surface area contributed by atoms with E-state index in [-0.39, 0.29) is 0 Å². The van der Waals surface area contributed by atoms with Crippen LogP contribution in [0.25, 0.3) is 22.4 Å². The van der Waals surface area contributed by atoms with Gasteiger partial charge in [-0.25, -0.2) is 0 Å². The molecule has 0 amide bonds. The highest BCUT2D eigenvalue weighted by Gasteiger charge is 2.36. The number of nitrogens with two attached hydrogens (primary N) is 1. The molecular weight excluding hydrogens is 304 g/mol. The van der Waals surface area contributed by atoms with Gasteiger partial charge in [0.25, 0.3) is 5.89 Å². The second-order valence-corrected chi connectivity index (χ2v) is 6.48. The van der Waals surface area contributed by atoms with Crippen LogP contribution in [0, 0.1) is 6.92 Å². The Morgan fingerprint density at radius 1 is 1.17 bits per heavy atom. The topological polar surface area (TPSA) is 87.1 Å². The third-order valence-corrected chi connectivity index (χ3v) is 4.74. The Morgan fingerprint density at radius 2 is 1.96 bits per heavy atom. The van der Waals surface area contributed by atoms with Crippen LogP contribution in [0.2, 0.25) is 0 Å². The first kappa shape index (κ1) is 15.1. The number of ether oxygens (including phenoxy) is 1. The monoisotopic (exact) mass is 324 g/mol. The van der Waals surface area contributed by atoms with Crippen LogP contribution in [0.1, 0.15) is 37.2 Å². The van der Waals surface area contributed by atoms with Crippen molar-refractivity contribution in [2.45, 2.75) is 38.1 Å². The zero-order valence-electron chi connectivity index (χ0n) is 13.9. The summed E-state index contributed by atoms with van der Waals surface area (Å²) in [7, 11) is 1.64. The summed E-state index contributed by atoms with van der Waals surface area (Å²) in [5, 5.41) is 5.09. The molecule has 0 aliphatic heterocycles. The third kappa shape index (κ3) is 2.43. The second-order valence-electron chi connectivity index (χ2n) is 6.48. The van der Waals surface area contributed by atoms with E-state index in [9.17, 15) is 0 Å². The Labute approximate surface area is 140 Å². The molecule has 2 aromatic heterocycles. The Bertz CT molecular complexity index is 897. The highest BCUT2D eigenvalue weighted by molar-refractivity contribution is 5.93. The van der Waals surface area contributed by atoms with Crippen molar-refractivity contribution in [1.82, 2.24) is 15.1 Å². The Balaban J connectivity index is 1.85. The molecule has 0 atom stereocenters. The minimum atomic E-state index is -0.461. The minimum Gasteiger partial charge on any atom is -0.497 e. The Kier molecular flexibility index (Phi) is 3.49.